The fraction of sp³-hybridized carbons (Fsp3) is 1.00. The van der Waals surface area contributed by atoms with Crippen LogP contribution >= 0.6 is 0 Å². The van der Waals surface area contributed by atoms with Crippen LogP contribution in [0, 0.1) is 0 Å². The average molecular weight is 172 g/mol. The van der Waals surface area contributed by atoms with Crippen molar-refractivity contribution in [3.8, 4) is 0 Å². The lowest BCUT2D eigenvalue weighted by Gasteiger charge is -2.29. The highest BCUT2D eigenvalue weighted by molar-refractivity contribution is 4.81. The highest BCUT2D eigenvalue weighted by Crippen LogP contribution is 2.09. The first kappa shape index (κ1) is 9.96. The Hall–Kier alpha value is -0.120. The van der Waals surface area contributed by atoms with Crippen LogP contribution in [0.25, 0.3) is 0 Å². The maximum absolute atomic E-state index is 5.12. The molecular formula is C9H20N2O. The molecule has 0 aromatic rings. The molecule has 0 spiro atoms. The zero-order valence-electron chi connectivity index (χ0n) is 8.34. The molecule has 1 heterocycles. The number of nitrogens with one attached hydrogen (secondary N) is 1. The van der Waals surface area contributed by atoms with Crippen LogP contribution in [0.3, 0.4) is 0 Å². The molecule has 0 radical (unpaired) electrons. The van der Waals surface area contributed by atoms with Gasteiger partial charge in [0.1, 0.15) is 0 Å². The van der Waals surface area contributed by atoms with Crippen molar-refractivity contribution in [2.75, 3.05) is 33.9 Å². The lowest BCUT2D eigenvalue weighted by Crippen LogP contribution is -2.41. The van der Waals surface area contributed by atoms with Crippen LogP contribution < -0.4 is 5.32 Å². The number of hydrogen-bond acceptors (Lipinski definition) is 3. The van der Waals surface area contributed by atoms with Crippen molar-refractivity contribution in [3.63, 3.8) is 0 Å². The van der Waals surface area contributed by atoms with Crippen molar-refractivity contribution >= 4 is 0 Å². The van der Waals surface area contributed by atoms with Gasteiger partial charge in [-0.25, -0.2) is 0 Å². The number of nitrogens with zero attached hydrogens (tertiary/aromatic N) is 1. The summed E-state index contributed by atoms with van der Waals surface area (Å²) in [5, 5.41) is 3.37. The number of ether oxygens (including phenoxy) is 1. The third kappa shape index (κ3) is 2.44. The van der Waals surface area contributed by atoms with Crippen molar-refractivity contribution in [2.24, 2.45) is 0 Å². The van der Waals surface area contributed by atoms with Crippen molar-refractivity contribution in [1.82, 2.24) is 10.2 Å². The maximum atomic E-state index is 5.12. The van der Waals surface area contributed by atoms with Gasteiger partial charge in [0.15, 0.2) is 0 Å². The monoisotopic (exact) mass is 172 g/mol. The van der Waals surface area contributed by atoms with Gasteiger partial charge in [-0.05, 0) is 26.9 Å². The van der Waals surface area contributed by atoms with E-state index in [0.717, 1.165) is 19.7 Å². The summed E-state index contributed by atoms with van der Waals surface area (Å²) in [6.45, 7) is 5.33. The van der Waals surface area contributed by atoms with Gasteiger partial charge in [-0.15, -0.1) is 0 Å². The number of rotatable bonds is 4. The Morgan fingerprint density at radius 2 is 2.42 bits per heavy atom. The second kappa shape index (κ2) is 4.80. The van der Waals surface area contributed by atoms with E-state index < -0.39 is 0 Å². The third-order valence-corrected chi connectivity index (χ3v) is 2.71. The van der Waals surface area contributed by atoms with Crippen LogP contribution in [0.15, 0.2) is 0 Å². The molecule has 3 nitrogen and oxygen atoms in total. The molecule has 1 N–H and O–H groups in total. The zero-order valence-corrected chi connectivity index (χ0v) is 8.34. The Balaban J connectivity index is 2.29. The van der Waals surface area contributed by atoms with Crippen molar-refractivity contribution in [1.29, 1.82) is 0 Å². The fourth-order valence-corrected chi connectivity index (χ4v) is 1.71. The number of methoxy groups -OCH3 is 1. The van der Waals surface area contributed by atoms with E-state index in [0.29, 0.717) is 12.1 Å². The Morgan fingerprint density at radius 3 is 2.92 bits per heavy atom. The highest BCUT2D eigenvalue weighted by Gasteiger charge is 2.22. The van der Waals surface area contributed by atoms with E-state index in [9.17, 15) is 0 Å². The van der Waals surface area contributed by atoms with Crippen molar-refractivity contribution in [3.05, 3.63) is 0 Å². The van der Waals surface area contributed by atoms with E-state index in [4.69, 9.17) is 4.74 Å². The molecule has 2 atom stereocenters. The second-order valence-electron chi connectivity index (χ2n) is 3.62. The van der Waals surface area contributed by atoms with Gasteiger partial charge in [-0.2, -0.15) is 0 Å². The Labute approximate surface area is 75.1 Å². The molecule has 1 rings (SSSR count). The largest absolute Gasteiger partial charge is 0.383 e. The Kier molecular flexibility index (Phi) is 3.98. The molecule has 0 amide bonds. The summed E-state index contributed by atoms with van der Waals surface area (Å²) in [6.07, 6.45) is 1.27. The maximum Gasteiger partial charge on any atom is 0.0615 e. The van der Waals surface area contributed by atoms with Crippen LogP contribution in [-0.4, -0.2) is 50.8 Å². The summed E-state index contributed by atoms with van der Waals surface area (Å²) < 4.78 is 5.12. The van der Waals surface area contributed by atoms with Crippen molar-refractivity contribution < 1.29 is 4.74 Å². The molecule has 2 unspecified atom stereocenters. The van der Waals surface area contributed by atoms with E-state index in [1.807, 2.05) is 0 Å². The van der Waals surface area contributed by atoms with Crippen LogP contribution in [0.2, 0.25) is 0 Å². The minimum absolute atomic E-state index is 0.528. The topological polar surface area (TPSA) is 24.5 Å². The molecular weight excluding hydrogens is 152 g/mol. The first-order chi connectivity index (χ1) is 5.75. The van der Waals surface area contributed by atoms with E-state index in [2.05, 4.69) is 24.2 Å². The van der Waals surface area contributed by atoms with Gasteiger partial charge in [0.25, 0.3) is 0 Å². The minimum Gasteiger partial charge on any atom is -0.383 e. The second-order valence-corrected chi connectivity index (χ2v) is 3.62. The third-order valence-electron chi connectivity index (χ3n) is 2.71. The van der Waals surface area contributed by atoms with E-state index >= 15 is 0 Å². The van der Waals surface area contributed by atoms with Crippen LogP contribution in [0.4, 0.5) is 0 Å². The smallest absolute Gasteiger partial charge is 0.0615 e. The van der Waals surface area contributed by atoms with Gasteiger partial charge < -0.3 is 10.1 Å². The number of likely N-dealkylation sites (N-methyl/N-ethyl adjacent to an activating group) is 1. The molecule has 1 fully saturated rings. The molecule has 1 saturated heterocycles. The summed E-state index contributed by atoms with van der Waals surface area (Å²) >= 11 is 0. The molecule has 1 aliphatic heterocycles. The lowest BCUT2D eigenvalue weighted by molar-refractivity contribution is 0.0942. The molecule has 0 aromatic heterocycles. The van der Waals surface area contributed by atoms with Crippen LogP contribution in [-0.2, 0) is 4.74 Å². The zero-order chi connectivity index (χ0) is 8.97. The normalized spacial score (nSPS) is 26.5. The van der Waals surface area contributed by atoms with Gasteiger partial charge in [0, 0.05) is 25.7 Å². The summed E-state index contributed by atoms with van der Waals surface area (Å²) in [5.74, 6) is 0. The minimum atomic E-state index is 0.528. The molecule has 0 aliphatic carbocycles. The van der Waals surface area contributed by atoms with Gasteiger partial charge in [0.2, 0.25) is 0 Å². The first-order valence-electron chi connectivity index (χ1n) is 4.67. The first-order valence-corrected chi connectivity index (χ1v) is 4.67. The molecule has 72 valence electrons. The molecule has 0 bridgehead atoms. The van der Waals surface area contributed by atoms with Gasteiger partial charge in [-0.3, -0.25) is 4.90 Å². The van der Waals surface area contributed by atoms with E-state index in [1.165, 1.54) is 6.42 Å². The Bertz CT molecular complexity index is 124. The van der Waals surface area contributed by atoms with Gasteiger partial charge in [0.05, 0.1) is 6.61 Å². The van der Waals surface area contributed by atoms with Crippen LogP contribution in [0.5, 0.6) is 0 Å². The molecule has 3 heteroatoms. The quantitative estimate of drug-likeness (QED) is 0.661. The fourth-order valence-electron chi connectivity index (χ4n) is 1.71. The lowest BCUT2D eigenvalue weighted by atomic mass is 10.2. The highest BCUT2D eigenvalue weighted by atomic mass is 16.5. The van der Waals surface area contributed by atoms with E-state index in [1.54, 1.807) is 7.11 Å². The number of hydrogen-bond donors (Lipinski definition) is 1. The molecule has 12 heavy (non-hydrogen) atoms. The summed E-state index contributed by atoms with van der Waals surface area (Å²) in [5.41, 5.74) is 0. The van der Waals surface area contributed by atoms with Crippen molar-refractivity contribution in [2.45, 2.75) is 25.4 Å². The predicted molar refractivity (Wildman–Crippen MR) is 50.4 cm³/mol. The van der Waals surface area contributed by atoms with E-state index in [-0.39, 0.29) is 0 Å². The Morgan fingerprint density at radius 1 is 1.67 bits per heavy atom. The summed E-state index contributed by atoms with van der Waals surface area (Å²) in [6, 6.07) is 1.23. The van der Waals surface area contributed by atoms with Crippen LogP contribution in [0.1, 0.15) is 13.3 Å². The standard InChI is InChI=1S/C9H20N2O/c1-8(7-12-3)11(2)9-4-5-10-6-9/h8-10H,4-7H2,1-3H3. The van der Waals surface area contributed by atoms with Gasteiger partial charge in [-0.1, -0.05) is 0 Å². The molecule has 1 aliphatic rings. The SMILES string of the molecule is COCC(C)N(C)C1CCNC1. The molecule has 0 saturated carbocycles. The summed E-state index contributed by atoms with van der Waals surface area (Å²) in [7, 11) is 3.94. The molecule has 0 aromatic carbocycles. The average Bonchev–Trinajstić information content (AvgIpc) is 2.55. The summed E-state index contributed by atoms with van der Waals surface area (Å²) in [4.78, 5) is 2.41. The van der Waals surface area contributed by atoms with Gasteiger partial charge >= 0.3 is 0 Å². The predicted octanol–water partition coefficient (Wildman–Crippen LogP) is 0.315.